The summed E-state index contributed by atoms with van der Waals surface area (Å²) in [4.78, 5) is 4.18. The van der Waals surface area contributed by atoms with Crippen LogP contribution in [0.5, 0.6) is 5.75 Å². The molecule has 3 heteroatoms. The SMILES string of the molecule is COc1cccc(-c2ccc3c(-c4cccnc4)coc3c2)c1. The normalized spacial score (nSPS) is 10.8. The zero-order valence-electron chi connectivity index (χ0n) is 12.7. The summed E-state index contributed by atoms with van der Waals surface area (Å²) in [6, 6.07) is 18.2. The first-order chi connectivity index (χ1) is 11.3. The summed E-state index contributed by atoms with van der Waals surface area (Å²) >= 11 is 0. The van der Waals surface area contributed by atoms with Crippen LogP contribution in [0.25, 0.3) is 33.2 Å². The molecule has 23 heavy (non-hydrogen) atoms. The number of pyridine rings is 1. The Bertz CT molecular complexity index is 958. The Morgan fingerprint density at radius 2 is 1.78 bits per heavy atom. The zero-order valence-corrected chi connectivity index (χ0v) is 12.7. The zero-order chi connectivity index (χ0) is 15.6. The predicted octanol–water partition coefficient (Wildman–Crippen LogP) is 5.17. The number of ether oxygens (including phenoxy) is 1. The highest BCUT2D eigenvalue weighted by Crippen LogP contribution is 2.33. The van der Waals surface area contributed by atoms with Gasteiger partial charge in [0.2, 0.25) is 0 Å². The predicted molar refractivity (Wildman–Crippen MR) is 91.4 cm³/mol. The van der Waals surface area contributed by atoms with Crippen molar-refractivity contribution in [1.82, 2.24) is 4.98 Å². The molecule has 0 atom stereocenters. The lowest BCUT2D eigenvalue weighted by Crippen LogP contribution is -1.83. The van der Waals surface area contributed by atoms with Gasteiger partial charge >= 0.3 is 0 Å². The van der Waals surface area contributed by atoms with Crippen LogP contribution in [0, 0.1) is 0 Å². The van der Waals surface area contributed by atoms with Gasteiger partial charge in [-0.1, -0.05) is 24.3 Å². The summed E-state index contributed by atoms with van der Waals surface area (Å²) < 4.78 is 11.1. The first-order valence-electron chi connectivity index (χ1n) is 7.41. The number of aromatic nitrogens is 1. The van der Waals surface area contributed by atoms with Crippen LogP contribution in [0.2, 0.25) is 0 Å². The quantitative estimate of drug-likeness (QED) is 0.523. The van der Waals surface area contributed by atoms with Gasteiger partial charge < -0.3 is 9.15 Å². The number of furan rings is 1. The summed E-state index contributed by atoms with van der Waals surface area (Å²) in [5.41, 5.74) is 5.18. The van der Waals surface area contributed by atoms with Crippen LogP contribution in [-0.2, 0) is 0 Å². The highest BCUT2D eigenvalue weighted by molar-refractivity contribution is 5.95. The second-order valence-electron chi connectivity index (χ2n) is 5.33. The van der Waals surface area contributed by atoms with E-state index in [2.05, 4.69) is 29.2 Å². The number of benzene rings is 2. The molecular weight excluding hydrogens is 286 g/mol. The Balaban J connectivity index is 1.81. The van der Waals surface area contributed by atoms with Crippen molar-refractivity contribution in [2.45, 2.75) is 0 Å². The molecule has 0 amide bonds. The van der Waals surface area contributed by atoms with Crippen LogP contribution in [0.1, 0.15) is 0 Å². The number of rotatable bonds is 3. The summed E-state index contributed by atoms with van der Waals surface area (Å²) in [5.74, 6) is 0.845. The maximum atomic E-state index is 5.76. The molecule has 0 aliphatic heterocycles. The second kappa shape index (κ2) is 5.61. The summed E-state index contributed by atoms with van der Waals surface area (Å²) in [5, 5.41) is 1.09. The van der Waals surface area contributed by atoms with Gasteiger partial charge in [0, 0.05) is 28.9 Å². The molecule has 0 unspecified atom stereocenters. The van der Waals surface area contributed by atoms with Gasteiger partial charge in [0.25, 0.3) is 0 Å². The Hall–Kier alpha value is -3.07. The third kappa shape index (κ3) is 2.46. The van der Waals surface area contributed by atoms with Crippen molar-refractivity contribution >= 4 is 11.0 Å². The minimum Gasteiger partial charge on any atom is -0.497 e. The Labute approximate surface area is 134 Å². The summed E-state index contributed by atoms with van der Waals surface area (Å²) in [6.45, 7) is 0. The van der Waals surface area contributed by atoms with E-state index in [0.717, 1.165) is 39.0 Å². The molecule has 2 heterocycles. The average molecular weight is 301 g/mol. The lowest BCUT2D eigenvalue weighted by atomic mass is 10.0. The van der Waals surface area contributed by atoms with Gasteiger partial charge in [0.15, 0.2) is 0 Å². The van der Waals surface area contributed by atoms with Crippen molar-refractivity contribution in [2.24, 2.45) is 0 Å². The third-order valence-electron chi connectivity index (χ3n) is 3.95. The smallest absolute Gasteiger partial charge is 0.135 e. The van der Waals surface area contributed by atoms with Gasteiger partial charge in [0.05, 0.1) is 13.4 Å². The van der Waals surface area contributed by atoms with Crippen LogP contribution < -0.4 is 4.74 Å². The molecule has 2 aromatic carbocycles. The largest absolute Gasteiger partial charge is 0.497 e. The highest BCUT2D eigenvalue weighted by atomic mass is 16.5. The van der Waals surface area contributed by atoms with E-state index in [1.807, 2.05) is 36.5 Å². The fraction of sp³-hybridized carbons (Fsp3) is 0.0500. The Kier molecular flexibility index (Phi) is 3.31. The van der Waals surface area contributed by atoms with Gasteiger partial charge in [-0.15, -0.1) is 0 Å². The second-order valence-corrected chi connectivity index (χ2v) is 5.33. The molecule has 4 aromatic rings. The molecule has 0 N–H and O–H groups in total. The lowest BCUT2D eigenvalue weighted by molar-refractivity contribution is 0.415. The minimum absolute atomic E-state index is 0.845. The molecule has 0 saturated carbocycles. The molecule has 0 radical (unpaired) electrons. The average Bonchev–Trinajstić information content (AvgIpc) is 3.05. The van der Waals surface area contributed by atoms with Crippen LogP contribution in [0.4, 0.5) is 0 Å². The molecule has 0 aliphatic rings. The maximum absolute atomic E-state index is 5.76. The van der Waals surface area contributed by atoms with Crippen molar-refractivity contribution in [3.05, 3.63) is 73.3 Å². The van der Waals surface area contributed by atoms with Crippen LogP contribution in [0.3, 0.4) is 0 Å². The fourth-order valence-electron chi connectivity index (χ4n) is 2.76. The van der Waals surface area contributed by atoms with Crippen LogP contribution in [0.15, 0.2) is 77.7 Å². The van der Waals surface area contributed by atoms with E-state index in [1.165, 1.54) is 0 Å². The molecule has 3 nitrogen and oxygen atoms in total. The van der Waals surface area contributed by atoms with Crippen molar-refractivity contribution < 1.29 is 9.15 Å². The van der Waals surface area contributed by atoms with E-state index in [-0.39, 0.29) is 0 Å². The van der Waals surface area contributed by atoms with Gasteiger partial charge in [-0.3, -0.25) is 4.98 Å². The number of hydrogen-bond donors (Lipinski definition) is 0. The molecular formula is C20H15NO2. The van der Waals surface area contributed by atoms with E-state index in [0.29, 0.717) is 0 Å². The van der Waals surface area contributed by atoms with E-state index in [4.69, 9.17) is 9.15 Å². The van der Waals surface area contributed by atoms with E-state index >= 15 is 0 Å². The van der Waals surface area contributed by atoms with Gasteiger partial charge in [-0.25, -0.2) is 0 Å². The number of fused-ring (bicyclic) bond motifs is 1. The number of methoxy groups -OCH3 is 1. The Morgan fingerprint density at radius 1 is 0.913 bits per heavy atom. The summed E-state index contributed by atoms with van der Waals surface area (Å²) in [6.07, 6.45) is 5.41. The third-order valence-corrected chi connectivity index (χ3v) is 3.95. The van der Waals surface area contributed by atoms with Crippen molar-refractivity contribution in [3.8, 4) is 28.0 Å². The molecule has 4 rings (SSSR count). The van der Waals surface area contributed by atoms with Crippen LogP contribution in [-0.4, -0.2) is 12.1 Å². The minimum atomic E-state index is 0.845. The van der Waals surface area contributed by atoms with Crippen LogP contribution >= 0.6 is 0 Å². The fourth-order valence-corrected chi connectivity index (χ4v) is 2.76. The van der Waals surface area contributed by atoms with Crippen molar-refractivity contribution in [2.75, 3.05) is 7.11 Å². The van der Waals surface area contributed by atoms with Gasteiger partial charge in [0.1, 0.15) is 11.3 Å². The molecule has 0 aliphatic carbocycles. The molecule has 0 bridgehead atoms. The standard InChI is InChI=1S/C20H15NO2/c1-22-17-6-2-4-14(10-17)15-7-8-18-19(13-23-20(18)11-15)16-5-3-9-21-12-16/h2-13H,1H3. The van der Waals surface area contributed by atoms with Gasteiger partial charge in [-0.2, -0.15) is 0 Å². The molecule has 0 saturated heterocycles. The molecule has 0 spiro atoms. The lowest BCUT2D eigenvalue weighted by Gasteiger charge is -2.05. The van der Waals surface area contributed by atoms with Gasteiger partial charge in [-0.05, 0) is 41.5 Å². The topological polar surface area (TPSA) is 35.3 Å². The molecule has 112 valence electrons. The van der Waals surface area contributed by atoms with Crippen molar-refractivity contribution in [3.63, 3.8) is 0 Å². The number of nitrogens with zero attached hydrogens (tertiary/aromatic N) is 1. The monoisotopic (exact) mass is 301 g/mol. The van der Waals surface area contributed by atoms with Crippen molar-refractivity contribution in [1.29, 1.82) is 0 Å². The first kappa shape index (κ1) is 13.6. The molecule has 2 aromatic heterocycles. The van der Waals surface area contributed by atoms with E-state index < -0.39 is 0 Å². The van der Waals surface area contributed by atoms with E-state index in [1.54, 1.807) is 19.6 Å². The van der Waals surface area contributed by atoms with E-state index in [9.17, 15) is 0 Å². The highest BCUT2D eigenvalue weighted by Gasteiger charge is 2.09. The first-order valence-corrected chi connectivity index (χ1v) is 7.41. The summed E-state index contributed by atoms with van der Waals surface area (Å²) in [7, 11) is 1.68. The Morgan fingerprint density at radius 3 is 2.61 bits per heavy atom. The maximum Gasteiger partial charge on any atom is 0.135 e. The number of hydrogen-bond acceptors (Lipinski definition) is 3. The molecule has 0 fully saturated rings.